The quantitative estimate of drug-likeness (QED) is 0.304. The molecule has 0 saturated heterocycles. The van der Waals surface area contributed by atoms with Gasteiger partial charge in [0.15, 0.2) is 0 Å². The molecule has 170 valence electrons. The number of benzene rings is 1. The number of ether oxygens (including phenoxy) is 1. The number of Topliss-reactive ketones (excluding diaryl/α,β-unsaturated/α-hetero) is 1. The molecule has 0 amide bonds. The van der Waals surface area contributed by atoms with Crippen molar-refractivity contribution in [2.45, 2.75) is 46.9 Å². The van der Waals surface area contributed by atoms with E-state index >= 15 is 0 Å². The highest BCUT2D eigenvalue weighted by Gasteiger charge is 2.31. The third kappa shape index (κ3) is 7.48. The molecule has 0 aliphatic heterocycles. The Labute approximate surface area is 186 Å². The highest BCUT2D eigenvalue weighted by atomic mass is 19.4. The van der Waals surface area contributed by atoms with Gasteiger partial charge < -0.3 is 4.74 Å². The molecule has 0 bridgehead atoms. The molecule has 0 aliphatic carbocycles. The van der Waals surface area contributed by atoms with Crippen LogP contribution < -0.4 is 4.74 Å². The van der Waals surface area contributed by atoms with Gasteiger partial charge in [0.05, 0.1) is 29.2 Å². The van der Waals surface area contributed by atoms with Gasteiger partial charge in [0.25, 0.3) is 0 Å². The predicted octanol–water partition coefficient (Wildman–Crippen LogP) is 7.17. The lowest BCUT2D eigenvalue weighted by Gasteiger charge is -2.12. The van der Waals surface area contributed by atoms with E-state index in [1.165, 1.54) is 31.3 Å². The van der Waals surface area contributed by atoms with E-state index in [1.54, 1.807) is 32.1 Å². The Morgan fingerprint density at radius 2 is 2.00 bits per heavy atom. The zero-order valence-electron chi connectivity index (χ0n) is 18.7. The van der Waals surface area contributed by atoms with Gasteiger partial charge >= 0.3 is 6.36 Å². The molecule has 0 saturated carbocycles. The molecule has 0 fully saturated rings. The molecular formula is C25H27F3N2O2. The summed E-state index contributed by atoms with van der Waals surface area (Å²) < 4.78 is 41.6. The Morgan fingerprint density at radius 3 is 2.59 bits per heavy atom. The maximum atomic E-state index is 12.5. The minimum atomic E-state index is -4.76. The fourth-order valence-electron chi connectivity index (χ4n) is 3.01. The molecule has 0 aliphatic rings. The molecule has 2 rings (SSSR count). The molecule has 4 nitrogen and oxygen atoms in total. The average molecular weight is 444 g/mol. The van der Waals surface area contributed by atoms with Gasteiger partial charge in [-0.3, -0.25) is 14.8 Å². The number of allylic oxidation sites excluding steroid dienone is 3. The number of aromatic nitrogens is 1. The van der Waals surface area contributed by atoms with Crippen LogP contribution in [0.1, 0.15) is 39.2 Å². The number of hydrogen-bond acceptors (Lipinski definition) is 4. The summed E-state index contributed by atoms with van der Waals surface area (Å²) in [6.07, 6.45) is 2.25. The number of aryl methyl sites for hydroxylation is 1. The minimum Gasteiger partial charge on any atom is -0.406 e. The van der Waals surface area contributed by atoms with E-state index in [1.807, 2.05) is 6.08 Å². The van der Waals surface area contributed by atoms with Gasteiger partial charge in [-0.2, -0.15) is 0 Å². The second-order valence-electron chi connectivity index (χ2n) is 7.55. The highest BCUT2D eigenvalue weighted by Crippen LogP contribution is 2.30. The third-order valence-corrected chi connectivity index (χ3v) is 4.78. The maximum absolute atomic E-state index is 12.5. The molecule has 0 N–H and O–H groups in total. The largest absolute Gasteiger partial charge is 0.573 e. The number of carbonyl (C=O) groups excluding carboxylic acids is 1. The average Bonchev–Trinajstić information content (AvgIpc) is 2.69. The Kier molecular flexibility index (Phi) is 8.52. The van der Waals surface area contributed by atoms with Gasteiger partial charge in [0.1, 0.15) is 11.5 Å². The Balaban J connectivity index is 2.38. The van der Waals surface area contributed by atoms with Crippen molar-refractivity contribution in [3.05, 3.63) is 66.4 Å². The number of carbonyl (C=O) groups is 1. The monoisotopic (exact) mass is 444 g/mol. The number of pyridine rings is 1. The smallest absolute Gasteiger partial charge is 0.406 e. The summed E-state index contributed by atoms with van der Waals surface area (Å²) in [7, 11) is 0. The van der Waals surface area contributed by atoms with Gasteiger partial charge in [0, 0.05) is 5.56 Å². The fraction of sp³-hybridized carbons (Fsp3) is 0.320. The first-order valence-corrected chi connectivity index (χ1v) is 10.3. The van der Waals surface area contributed by atoms with Gasteiger partial charge in [-0.05, 0) is 57.0 Å². The molecule has 1 aromatic carbocycles. The van der Waals surface area contributed by atoms with Gasteiger partial charge in [-0.15, -0.1) is 13.2 Å². The molecule has 2 aromatic rings. The van der Waals surface area contributed by atoms with Crippen molar-refractivity contribution >= 4 is 17.2 Å². The van der Waals surface area contributed by atoms with Gasteiger partial charge in [-0.1, -0.05) is 43.7 Å². The van der Waals surface area contributed by atoms with Crippen LogP contribution in [0.4, 0.5) is 18.9 Å². The van der Waals surface area contributed by atoms with Crippen LogP contribution in [-0.2, 0) is 4.79 Å². The van der Waals surface area contributed by atoms with Crippen molar-refractivity contribution in [2.75, 3.05) is 0 Å². The molecule has 0 spiro atoms. The summed E-state index contributed by atoms with van der Waals surface area (Å²) in [6, 6.07) is 7.44. The van der Waals surface area contributed by atoms with Gasteiger partial charge in [0.2, 0.25) is 0 Å². The molecule has 7 heteroatoms. The van der Waals surface area contributed by atoms with Crippen LogP contribution in [0.3, 0.4) is 0 Å². The number of ketones is 1. The number of rotatable bonds is 9. The molecule has 32 heavy (non-hydrogen) atoms. The maximum Gasteiger partial charge on any atom is 0.573 e. The first-order chi connectivity index (χ1) is 15.0. The summed E-state index contributed by atoms with van der Waals surface area (Å²) >= 11 is 0. The number of halogens is 3. The molecule has 1 atom stereocenters. The SMILES string of the molecule is C=C(/C=C\C(=Nc1cnc(-c2cccc(OC(F)(F)F)c2)c(C)c1)C(C)C(C)=O)CCC. The first-order valence-electron chi connectivity index (χ1n) is 10.3. The fourth-order valence-corrected chi connectivity index (χ4v) is 3.01. The van der Waals surface area contributed by atoms with Crippen LogP contribution in [0.5, 0.6) is 5.75 Å². The van der Waals surface area contributed by atoms with Crippen LogP contribution >= 0.6 is 0 Å². The van der Waals surface area contributed by atoms with Crippen molar-refractivity contribution in [2.24, 2.45) is 10.9 Å². The third-order valence-electron chi connectivity index (χ3n) is 4.78. The van der Waals surface area contributed by atoms with E-state index in [0.717, 1.165) is 24.0 Å². The van der Waals surface area contributed by atoms with E-state index in [-0.39, 0.29) is 11.5 Å². The summed E-state index contributed by atoms with van der Waals surface area (Å²) in [5, 5.41) is 0. The zero-order chi connectivity index (χ0) is 23.9. The van der Waals surface area contributed by atoms with Crippen LogP contribution in [0.2, 0.25) is 0 Å². The van der Waals surface area contributed by atoms with Crippen molar-refractivity contribution in [3.63, 3.8) is 0 Å². The summed E-state index contributed by atoms with van der Waals surface area (Å²) in [5.41, 5.74) is 3.82. The van der Waals surface area contributed by atoms with Crippen molar-refractivity contribution in [1.82, 2.24) is 4.98 Å². The minimum absolute atomic E-state index is 0.0164. The van der Waals surface area contributed by atoms with Crippen LogP contribution in [0.25, 0.3) is 11.3 Å². The van der Waals surface area contributed by atoms with Crippen molar-refractivity contribution in [1.29, 1.82) is 0 Å². The Hall–Kier alpha value is -3.22. The number of alkyl halides is 3. The molecular weight excluding hydrogens is 417 g/mol. The van der Waals surface area contributed by atoms with E-state index in [2.05, 4.69) is 28.2 Å². The van der Waals surface area contributed by atoms with E-state index in [0.29, 0.717) is 22.7 Å². The number of hydrogen-bond donors (Lipinski definition) is 0. The van der Waals surface area contributed by atoms with E-state index < -0.39 is 12.3 Å². The Morgan fingerprint density at radius 1 is 1.28 bits per heavy atom. The lowest BCUT2D eigenvalue weighted by Crippen LogP contribution is -2.17. The molecule has 1 unspecified atom stereocenters. The van der Waals surface area contributed by atoms with E-state index in [4.69, 9.17) is 0 Å². The first kappa shape index (κ1) is 25.0. The summed E-state index contributed by atoms with van der Waals surface area (Å²) in [6.45, 7) is 11.2. The topological polar surface area (TPSA) is 51.6 Å². The molecule has 0 radical (unpaired) electrons. The second kappa shape index (κ2) is 10.9. The van der Waals surface area contributed by atoms with Crippen LogP contribution in [0, 0.1) is 12.8 Å². The van der Waals surface area contributed by atoms with Crippen molar-refractivity contribution < 1.29 is 22.7 Å². The van der Waals surface area contributed by atoms with E-state index in [9.17, 15) is 18.0 Å². The summed E-state index contributed by atoms with van der Waals surface area (Å²) in [5.74, 6) is -0.734. The van der Waals surface area contributed by atoms with Gasteiger partial charge in [-0.25, -0.2) is 0 Å². The number of aliphatic imine (C=N–C) groups is 1. The Bertz CT molecular complexity index is 1040. The lowest BCUT2D eigenvalue weighted by atomic mass is 9.99. The zero-order valence-corrected chi connectivity index (χ0v) is 18.7. The van der Waals surface area contributed by atoms with Crippen LogP contribution in [0.15, 0.2) is 65.8 Å². The van der Waals surface area contributed by atoms with Crippen molar-refractivity contribution in [3.8, 4) is 17.0 Å². The summed E-state index contributed by atoms with van der Waals surface area (Å²) in [4.78, 5) is 20.9. The van der Waals surface area contributed by atoms with Crippen LogP contribution in [-0.4, -0.2) is 22.8 Å². The standard InChI is InChI=1S/C25H27F3N2O2/c1-6-8-16(2)11-12-23(18(4)19(5)31)30-21-13-17(3)24(29-15-21)20-9-7-10-22(14-20)32-25(26,27)28/h7,9-15,18H,2,6,8H2,1,3-5H3/b12-11-,30-23?. The lowest BCUT2D eigenvalue weighted by molar-refractivity contribution is -0.274. The highest BCUT2D eigenvalue weighted by molar-refractivity contribution is 6.10. The molecule has 1 heterocycles. The molecule has 1 aromatic heterocycles. The normalized spacial score (nSPS) is 13.3. The number of nitrogens with zero attached hydrogens (tertiary/aromatic N) is 2. The second-order valence-corrected chi connectivity index (χ2v) is 7.55. The predicted molar refractivity (Wildman–Crippen MR) is 121 cm³/mol.